The molecule has 8 heteroatoms. The van der Waals surface area contributed by atoms with Crippen LogP contribution in [-0.2, 0) is 22.6 Å². The predicted octanol–water partition coefficient (Wildman–Crippen LogP) is 5.29. The molecule has 5 rings (SSSR count). The van der Waals surface area contributed by atoms with Crippen molar-refractivity contribution in [2.75, 3.05) is 23.8 Å². The van der Waals surface area contributed by atoms with Gasteiger partial charge in [0.25, 0.3) is 0 Å². The molecular weight excluding hydrogens is 466 g/mol. The molecule has 0 bridgehead atoms. The van der Waals surface area contributed by atoms with Crippen LogP contribution in [0, 0.1) is 20.8 Å². The van der Waals surface area contributed by atoms with E-state index in [9.17, 15) is 5.11 Å². The van der Waals surface area contributed by atoms with Gasteiger partial charge in [0.1, 0.15) is 17.5 Å². The molecule has 1 fully saturated rings. The van der Waals surface area contributed by atoms with Gasteiger partial charge in [-0.2, -0.15) is 0 Å². The van der Waals surface area contributed by atoms with E-state index in [0.29, 0.717) is 37.9 Å². The van der Waals surface area contributed by atoms with E-state index in [1.807, 2.05) is 26.8 Å². The molecule has 1 unspecified atom stereocenters. The van der Waals surface area contributed by atoms with Crippen LogP contribution in [0.1, 0.15) is 41.9 Å². The minimum absolute atomic E-state index is 0.0775. The average Bonchev–Trinajstić information content (AvgIpc) is 3.36. The number of ether oxygens (including phenoxy) is 2. The SMILES string of the molecule is Cc1cc(C)cc(NCc2ccc3nc(NCC4COC(C)(C)O4)n(Cc4nc(C)ccc4O)c3c2)c1. The zero-order valence-electron chi connectivity index (χ0n) is 22.1. The number of aryl methyl sites for hydroxylation is 3. The number of aromatic nitrogens is 3. The number of fused-ring (bicyclic) bond motifs is 1. The summed E-state index contributed by atoms with van der Waals surface area (Å²) in [7, 11) is 0. The number of imidazole rings is 1. The first-order valence-corrected chi connectivity index (χ1v) is 12.7. The summed E-state index contributed by atoms with van der Waals surface area (Å²) >= 11 is 0. The molecule has 1 aliphatic heterocycles. The fraction of sp³-hybridized carbons (Fsp3) is 0.379. The molecule has 1 saturated heterocycles. The van der Waals surface area contributed by atoms with Crippen molar-refractivity contribution < 1.29 is 14.6 Å². The van der Waals surface area contributed by atoms with Gasteiger partial charge >= 0.3 is 0 Å². The van der Waals surface area contributed by atoms with Gasteiger partial charge in [0.05, 0.1) is 24.2 Å². The Morgan fingerprint density at radius 2 is 1.78 bits per heavy atom. The van der Waals surface area contributed by atoms with Gasteiger partial charge in [0.2, 0.25) is 5.95 Å². The number of aromatic hydroxyl groups is 1. The molecule has 2 aromatic carbocycles. The Balaban J connectivity index is 1.44. The molecule has 0 amide bonds. The molecule has 0 radical (unpaired) electrons. The van der Waals surface area contributed by atoms with Crippen LogP contribution in [0.5, 0.6) is 5.75 Å². The van der Waals surface area contributed by atoms with E-state index in [4.69, 9.17) is 14.5 Å². The van der Waals surface area contributed by atoms with E-state index in [1.54, 1.807) is 12.1 Å². The number of anilines is 2. The Kier molecular flexibility index (Phi) is 6.79. The molecule has 0 saturated carbocycles. The maximum absolute atomic E-state index is 10.5. The summed E-state index contributed by atoms with van der Waals surface area (Å²) in [5, 5.41) is 17.5. The molecule has 2 aromatic heterocycles. The van der Waals surface area contributed by atoms with Crippen molar-refractivity contribution in [1.82, 2.24) is 14.5 Å². The lowest BCUT2D eigenvalue weighted by atomic mass is 10.1. The Morgan fingerprint density at radius 1 is 1.00 bits per heavy atom. The van der Waals surface area contributed by atoms with Crippen LogP contribution in [0.2, 0.25) is 0 Å². The van der Waals surface area contributed by atoms with E-state index < -0.39 is 5.79 Å². The number of hydrogen-bond acceptors (Lipinski definition) is 7. The third-order valence-electron chi connectivity index (χ3n) is 6.48. The molecule has 194 valence electrons. The molecule has 8 nitrogen and oxygen atoms in total. The summed E-state index contributed by atoms with van der Waals surface area (Å²) in [5.41, 5.74) is 7.99. The van der Waals surface area contributed by atoms with Crippen LogP contribution in [0.15, 0.2) is 48.5 Å². The minimum Gasteiger partial charge on any atom is -0.506 e. The highest BCUT2D eigenvalue weighted by molar-refractivity contribution is 5.80. The standard InChI is InChI=1S/C29H35N5O3/c1-18-10-19(2)12-22(11-18)30-14-21-7-8-24-26(13-21)34(16-25-27(35)9-6-20(3)32-25)28(33-24)31-15-23-17-36-29(4,5)37-23/h6-13,23,30,35H,14-17H2,1-5H3,(H,31,33). The molecule has 37 heavy (non-hydrogen) atoms. The van der Waals surface area contributed by atoms with E-state index in [2.05, 4.69) is 64.4 Å². The molecule has 3 N–H and O–H groups in total. The van der Waals surface area contributed by atoms with Crippen molar-refractivity contribution in [1.29, 1.82) is 0 Å². The van der Waals surface area contributed by atoms with Gasteiger partial charge in [-0.05, 0) is 87.7 Å². The largest absolute Gasteiger partial charge is 0.506 e. The highest BCUT2D eigenvalue weighted by Gasteiger charge is 2.32. The number of benzene rings is 2. The molecule has 0 spiro atoms. The van der Waals surface area contributed by atoms with Gasteiger partial charge in [-0.3, -0.25) is 4.98 Å². The fourth-order valence-corrected chi connectivity index (χ4v) is 4.79. The quantitative estimate of drug-likeness (QED) is 0.302. The van der Waals surface area contributed by atoms with Crippen LogP contribution >= 0.6 is 0 Å². The first-order valence-electron chi connectivity index (χ1n) is 12.7. The second-order valence-corrected chi connectivity index (χ2v) is 10.3. The van der Waals surface area contributed by atoms with E-state index >= 15 is 0 Å². The molecule has 0 aliphatic carbocycles. The van der Waals surface area contributed by atoms with Crippen molar-refractivity contribution in [2.24, 2.45) is 0 Å². The molecule has 3 heterocycles. The number of nitrogens with one attached hydrogen (secondary N) is 2. The van der Waals surface area contributed by atoms with Crippen molar-refractivity contribution in [3.05, 3.63) is 76.6 Å². The second kappa shape index (κ2) is 10.0. The molecule has 4 aromatic rings. The maximum atomic E-state index is 10.5. The molecular formula is C29H35N5O3. The van der Waals surface area contributed by atoms with E-state index in [0.717, 1.165) is 28.0 Å². The third kappa shape index (κ3) is 5.87. The lowest BCUT2D eigenvalue weighted by molar-refractivity contribution is -0.136. The predicted molar refractivity (Wildman–Crippen MR) is 146 cm³/mol. The van der Waals surface area contributed by atoms with Crippen molar-refractivity contribution in [3.8, 4) is 5.75 Å². The minimum atomic E-state index is -0.582. The first kappa shape index (κ1) is 25.0. The van der Waals surface area contributed by atoms with Crippen LogP contribution in [-0.4, -0.2) is 44.7 Å². The lowest BCUT2D eigenvalue weighted by Gasteiger charge is -2.18. The summed E-state index contributed by atoms with van der Waals surface area (Å²) in [6.07, 6.45) is -0.0775. The van der Waals surface area contributed by atoms with Crippen LogP contribution < -0.4 is 10.6 Å². The van der Waals surface area contributed by atoms with Gasteiger partial charge < -0.3 is 29.8 Å². The highest BCUT2D eigenvalue weighted by Crippen LogP contribution is 2.27. The van der Waals surface area contributed by atoms with E-state index in [-0.39, 0.29) is 11.9 Å². The summed E-state index contributed by atoms with van der Waals surface area (Å²) in [4.78, 5) is 9.45. The molecule has 1 atom stereocenters. The number of hydrogen-bond donors (Lipinski definition) is 3. The van der Waals surface area contributed by atoms with Crippen molar-refractivity contribution in [2.45, 2.75) is 59.6 Å². The highest BCUT2D eigenvalue weighted by atomic mass is 16.7. The normalized spacial score (nSPS) is 16.8. The summed E-state index contributed by atoms with van der Waals surface area (Å²) < 4.78 is 13.7. The lowest BCUT2D eigenvalue weighted by Crippen LogP contribution is -2.26. The van der Waals surface area contributed by atoms with Gasteiger partial charge in [0, 0.05) is 24.5 Å². The zero-order chi connectivity index (χ0) is 26.2. The average molecular weight is 502 g/mol. The van der Waals surface area contributed by atoms with Gasteiger partial charge in [0.15, 0.2) is 5.79 Å². The number of pyridine rings is 1. The second-order valence-electron chi connectivity index (χ2n) is 10.3. The topological polar surface area (TPSA) is 93.5 Å². The number of rotatable bonds is 8. The van der Waals surface area contributed by atoms with Crippen LogP contribution in [0.25, 0.3) is 11.0 Å². The first-order chi connectivity index (χ1) is 17.6. The Bertz CT molecular complexity index is 1410. The summed E-state index contributed by atoms with van der Waals surface area (Å²) in [6.45, 7) is 12.1. The zero-order valence-corrected chi connectivity index (χ0v) is 22.1. The summed E-state index contributed by atoms with van der Waals surface area (Å²) in [5.74, 6) is 0.285. The Labute approximate surface area is 217 Å². The van der Waals surface area contributed by atoms with Gasteiger partial charge in [-0.25, -0.2) is 4.98 Å². The van der Waals surface area contributed by atoms with Crippen LogP contribution in [0.3, 0.4) is 0 Å². The van der Waals surface area contributed by atoms with Crippen molar-refractivity contribution >= 4 is 22.7 Å². The van der Waals surface area contributed by atoms with E-state index in [1.165, 1.54) is 11.1 Å². The monoisotopic (exact) mass is 501 g/mol. The fourth-order valence-electron chi connectivity index (χ4n) is 4.79. The smallest absolute Gasteiger partial charge is 0.204 e. The Hall–Kier alpha value is -3.62. The van der Waals surface area contributed by atoms with Crippen LogP contribution in [0.4, 0.5) is 11.6 Å². The third-order valence-corrected chi connectivity index (χ3v) is 6.48. The molecule has 1 aliphatic rings. The van der Waals surface area contributed by atoms with Crippen molar-refractivity contribution in [3.63, 3.8) is 0 Å². The Morgan fingerprint density at radius 3 is 2.51 bits per heavy atom. The van der Waals surface area contributed by atoms with Gasteiger partial charge in [-0.1, -0.05) is 12.1 Å². The number of nitrogens with zero attached hydrogens (tertiary/aromatic N) is 3. The maximum Gasteiger partial charge on any atom is 0.204 e. The summed E-state index contributed by atoms with van der Waals surface area (Å²) in [6, 6.07) is 16.3. The van der Waals surface area contributed by atoms with Gasteiger partial charge in [-0.15, -0.1) is 0 Å².